The lowest BCUT2D eigenvalue weighted by Crippen LogP contribution is -2.19. The van der Waals surface area contributed by atoms with Crippen LogP contribution in [-0.2, 0) is 0 Å². The van der Waals surface area contributed by atoms with Crippen molar-refractivity contribution in [2.45, 2.75) is 0 Å². The number of aromatic nitrogens is 5. The van der Waals surface area contributed by atoms with Crippen LogP contribution in [0.3, 0.4) is 0 Å². The minimum Gasteiger partial charge on any atom is -0.507 e. The lowest BCUT2D eigenvalue weighted by molar-refractivity contribution is -0.385. The van der Waals surface area contributed by atoms with E-state index in [4.69, 9.17) is 14.2 Å². The molecule has 0 atom stereocenters. The third-order valence-electron chi connectivity index (χ3n) is 11.4. The van der Waals surface area contributed by atoms with E-state index in [1.54, 1.807) is 48.7 Å². The summed E-state index contributed by atoms with van der Waals surface area (Å²) in [7, 11) is 4.47. The zero-order valence-electron chi connectivity index (χ0n) is 47.9. The molecule has 4 amide bonds. The van der Waals surface area contributed by atoms with Crippen molar-refractivity contribution >= 4 is 98.3 Å². The van der Waals surface area contributed by atoms with Crippen molar-refractivity contribution in [1.29, 1.82) is 0 Å². The van der Waals surface area contributed by atoms with Gasteiger partial charge in [0, 0.05) is 54.2 Å². The molecule has 0 bridgehead atoms. The number of aromatic hydroxyl groups is 1. The molecule has 0 unspecified atom stereocenters. The molecule has 36 nitrogen and oxygen atoms in total. The highest BCUT2D eigenvalue weighted by atomic mass is 32.1. The lowest BCUT2D eigenvalue weighted by Gasteiger charge is -2.12. The van der Waals surface area contributed by atoms with Gasteiger partial charge in [0.1, 0.15) is 70.6 Å². The lowest BCUT2D eigenvalue weighted by atomic mass is 10.0. The summed E-state index contributed by atoms with van der Waals surface area (Å²) in [5.41, 5.74) is 9.67. The second-order valence-electron chi connectivity index (χ2n) is 17.3. The number of phenolic OH excluding ortho intramolecular Hbond substituents is 1. The van der Waals surface area contributed by atoms with Gasteiger partial charge in [-0.25, -0.2) is 41.6 Å². The normalized spacial score (nSPS) is 10.6. The summed E-state index contributed by atoms with van der Waals surface area (Å²) in [5.74, 6) is -1.02. The molecule has 0 radical (unpaired) electrons. The van der Waals surface area contributed by atoms with E-state index in [9.17, 15) is 74.9 Å². The van der Waals surface area contributed by atoms with Crippen LogP contribution in [0.15, 0.2) is 179 Å². The van der Waals surface area contributed by atoms with Crippen LogP contribution in [0.4, 0.5) is 27.8 Å². The fourth-order valence-electron chi connectivity index (χ4n) is 6.91. The molecule has 9 rings (SSSR count). The Balaban J connectivity index is 0.000000198. The summed E-state index contributed by atoms with van der Waals surface area (Å²) in [5, 5.41) is 79.3. The number of pyridine rings is 5. The third kappa shape index (κ3) is 20.4. The molecule has 0 aliphatic carbocycles. The van der Waals surface area contributed by atoms with Gasteiger partial charge in [0.25, 0.3) is 46.4 Å². The van der Waals surface area contributed by atoms with Gasteiger partial charge in [-0.3, -0.25) is 74.7 Å². The van der Waals surface area contributed by atoms with Gasteiger partial charge >= 0.3 is 5.00 Å². The van der Waals surface area contributed by atoms with Gasteiger partial charge < -0.3 is 19.3 Å². The van der Waals surface area contributed by atoms with E-state index in [0.29, 0.717) is 38.9 Å². The molecule has 9 aromatic rings. The molecule has 0 aliphatic heterocycles. The minimum absolute atomic E-state index is 0.00936. The van der Waals surface area contributed by atoms with Crippen LogP contribution >= 0.6 is 11.3 Å². The molecule has 6 aromatic heterocycles. The number of phenols is 1. The third-order valence-corrected chi connectivity index (χ3v) is 12.4. The molecular formula is C56H44N18O18S. The van der Waals surface area contributed by atoms with Crippen molar-refractivity contribution in [2.75, 3.05) is 21.3 Å². The van der Waals surface area contributed by atoms with Gasteiger partial charge in [-0.05, 0) is 59.3 Å². The van der Waals surface area contributed by atoms with E-state index >= 15 is 0 Å². The number of nitro groups is 5. The predicted molar refractivity (Wildman–Crippen MR) is 331 cm³/mol. The number of methoxy groups -OCH3 is 3. The van der Waals surface area contributed by atoms with Crippen molar-refractivity contribution in [3.63, 3.8) is 0 Å². The van der Waals surface area contributed by atoms with Crippen molar-refractivity contribution in [1.82, 2.24) is 46.6 Å². The molecule has 93 heavy (non-hydrogen) atoms. The average Bonchev–Trinajstić information content (AvgIpc) is 1.36. The maximum Gasteiger partial charge on any atom is 0.324 e. The van der Waals surface area contributed by atoms with Gasteiger partial charge in [0.15, 0.2) is 0 Å². The van der Waals surface area contributed by atoms with Gasteiger partial charge in [0.2, 0.25) is 0 Å². The minimum atomic E-state index is -0.655. The number of ether oxygens (including phenoxy) is 3. The van der Waals surface area contributed by atoms with Crippen LogP contribution < -0.4 is 35.9 Å². The van der Waals surface area contributed by atoms with Crippen LogP contribution in [0.1, 0.15) is 63.7 Å². The van der Waals surface area contributed by atoms with Crippen LogP contribution in [0.5, 0.6) is 23.0 Å². The Morgan fingerprint density at radius 2 is 0.882 bits per heavy atom. The number of benzene rings is 3. The van der Waals surface area contributed by atoms with Crippen molar-refractivity contribution in [2.24, 2.45) is 20.4 Å². The molecule has 472 valence electrons. The number of nitrogens with zero attached hydrogens (tertiary/aromatic N) is 14. The number of carbonyl (C=O) groups is 4. The van der Waals surface area contributed by atoms with Gasteiger partial charge in [-0.2, -0.15) is 20.4 Å². The Kier molecular flexibility index (Phi) is 24.9. The number of rotatable bonds is 20. The molecule has 0 saturated carbocycles. The standard InChI is InChI=1S/C17H12N4O4.C16H16N4O6.C12H9N5O3.C11H7N5O5S/c22-16-8-5-11-3-1-2-4-13(11)14(16)10-19-20-17(23)15-7-6-12(9-18-15)21(24)25;1-24-11-6-14(25-2)12(15(7-11)26-3)9-18-19-16(21)13-5-4-10(8-17-13)20(22)23;18-12(11-5-4-10(8-14-11)17(19)20)16-15-7-9-3-1-2-6-13-9;17-11(9-3-1-7(5-12-9)15(18)19)14-13-6-8-2-4-10(22-8)16(20)21/h1-10,22H,(H,20,23);4-9H,1-3H3,(H,19,21);1-8H,(H,16,18);1-6H,(H,14,17). The van der Waals surface area contributed by atoms with E-state index in [0.717, 1.165) is 53.0 Å². The zero-order chi connectivity index (χ0) is 67.4. The number of thiophene rings is 1. The van der Waals surface area contributed by atoms with E-state index in [-0.39, 0.29) is 56.3 Å². The molecule has 0 saturated heterocycles. The second kappa shape index (κ2) is 33.9. The highest BCUT2D eigenvalue weighted by Crippen LogP contribution is 2.33. The predicted octanol–water partition coefficient (Wildman–Crippen LogP) is 7.26. The molecular weight excluding hydrogens is 1240 g/mol. The van der Waals surface area contributed by atoms with Crippen LogP contribution in [0, 0.1) is 50.6 Å². The van der Waals surface area contributed by atoms with Crippen LogP contribution in [0.2, 0.25) is 0 Å². The van der Waals surface area contributed by atoms with Gasteiger partial charge in [0.05, 0.1) is 86.9 Å². The number of fused-ring (bicyclic) bond motifs is 1. The van der Waals surface area contributed by atoms with Gasteiger partial charge in [-0.15, -0.1) is 0 Å². The van der Waals surface area contributed by atoms with Crippen LogP contribution in [-0.4, -0.2) is 124 Å². The second-order valence-corrected chi connectivity index (χ2v) is 18.4. The largest absolute Gasteiger partial charge is 0.507 e. The topological polar surface area (TPSA) is 494 Å². The van der Waals surface area contributed by atoms with E-state index < -0.39 is 48.2 Å². The van der Waals surface area contributed by atoms with Crippen molar-refractivity contribution < 1.29 is 63.1 Å². The van der Waals surface area contributed by atoms with E-state index in [1.807, 2.05) is 24.3 Å². The number of hydrogen-bond donors (Lipinski definition) is 5. The summed E-state index contributed by atoms with van der Waals surface area (Å²) in [6.07, 6.45) is 10.9. The maximum absolute atomic E-state index is 12.0. The Bertz CT molecular complexity index is 4290. The monoisotopic (exact) mass is 1290 g/mol. The quantitative estimate of drug-likeness (QED) is 0.0284. The summed E-state index contributed by atoms with van der Waals surface area (Å²) in [4.78, 5) is 116. The Labute approximate surface area is 524 Å². The molecule has 0 spiro atoms. The first-order valence-electron chi connectivity index (χ1n) is 25.6. The number of amides is 4. The molecule has 37 heteroatoms. The Morgan fingerprint density at radius 1 is 0.462 bits per heavy atom. The summed E-state index contributed by atoms with van der Waals surface area (Å²) in [6, 6.07) is 31.7. The molecule has 0 aliphatic rings. The first-order valence-corrected chi connectivity index (χ1v) is 26.4. The van der Waals surface area contributed by atoms with E-state index in [2.05, 4.69) is 67.0 Å². The average molecular weight is 1290 g/mol. The SMILES string of the molecule is COc1cc(OC)c(C=NNC(=O)c2ccc([N+](=O)[O-])cn2)c(OC)c1.O=C(NN=Cc1c(O)ccc2ccccc12)c1ccc([N+](=O)[O-])cn1.O=C(NN=Cc1ccc([N+](=O)[O-])s1)c1ccc([N+](=O)[O-])cn1.O=C(NN=Cc1ccccn1)c1ccc([N+](=O)[O-])cn1. The zero-order valence-corrected chi connectivity index (χ0v) is 48.7. The Morgan fingerprint density at radius 3 is 1.26 bits per heavy atom. The Hall–Kier alpha value is -13.9. The first-order chi connectivity index (χ1) is 44.7. The van der Waals surface area contributed by atoms with E-state index in [1.165, 1.54) is 101 Å². The highest BCUT2D eigenvalue weighted by Gasteiger charge is 2.17. The fourth-order valence-corrected chi connectivity index (χ4v) is 7.60. The summed E-state index contributed by atoms with van der Waals surface area (Å²) < 4.78 is 15.7. The maximum atomic E-state index is 12.0. The first kappa shape index (κ1) is 68.2. The number of nitrogens with one attached hydrogen (secondary N) is 4. The number of hydrogen-bond acceptors (Lipinski definition) is 28. The summed E-state index contributed by atoms with van der Waals surface area (Å²) >= 11 is 0.903. The number of carbonyl (C=O) groups excluding carboxylic acids is 4. The molecule has 3 aromatic carbocycles. The molecule has 6 heterocycles. The summed E-state index contributed by atoms with van der Waals surface area (Å²) in [6.45, 7) is 0. The molecule has 0 fully saturated rings. The highest BCUT2D eigenvalue weighted by molar-refractivity contribution is 7.16. The fraction of sp³-hybridized carbons (Fsp3) is 0.0536. The van der Waals surface area contributed by atoms with Crippen molar-refractivity contribution in [3.05, 3.63) is 253 Å². The van der Waals surface area contributed by atoms with Crippen molar-refractivity contribution in [3.8, 4) is 23.0 Å². The number of hydrazone groups is 4. The molecule has 5 N–H and O–H groups in total. The van der Waals surface area contributed by atoms with Gasteiger partial charge in [-0.1, -0.05) is 47.7 Å². The van der Waals surface area contributed by atoms with Crippen LogP contribution in [0.25, 0.3) is 10.8 Å². The smallest absolute Gasteiger partial charge is 0.324 e.